The Morgan fingerprint density at radius 3 is 2.29 bits per heavy atom. The van der Waals surface area contributed by atoms with Gasteiger partial charge in [-0.25, -0.2) is 0 Å². The number of rotatable bonds is 3. The van der Waals surface area contributed by atoms with E-state index in [-0.39, 0.29) is 0 Å². The van der Waals surface area contributed by atoms with Crippen LogP contribution in [-0.4, -0.2) is 0 Å². The average molecular weight is 100 g/mol. The standard InChI is InChI=1S/C6H14N/c1-6(2)4-3-5-7/h5-6H,3-4,7H2,1-2H3. The Morgan fingerprint density at radius 2 is 2.14 bits per heavy atom. The Hall–Kier alpha value is -0.0400. The second kappa shape index (κ2) is 4.13. The molecule has 0 unspecified atom stereocenters. The predicted molar refractivity (Wildman–Crippen MR) is 32.6 cm³/mol. The molecule has 0 aliphatic carbocycles. The van der Waals surface area contributed by atoms with Crippen LogP contribution in [0.2, 0.25) is 0 Å². The summed E-state index contributed by atoms with van der Waals surface area (Å²) < 4.78 is 0. The van der Waals surface area contributed by atoms with Gasteiger partial charge in [0.1, 0.15) is 0 Å². The van der Waals surface area contributed by atoms with Crippen molar-refractivity contribution in [2.75, 3.05) is 0 Å². The van der Waals surface area contributed by atoms with E-state index in [1.54, 1.807) is 6.54 Å². The second-order valence-corrected chi connectivity index (χ2v) is 2.21. The Labute approximate surface area is 45.9 Å². The normalized spacial score (nSPS) is 10.3. The summed E-state index contributed by atoms with van der Waals surface area (Å²) in [5, 5.41) is 0. The zero-order chi connectivity index (χ0) is 5.70. The van der Waals surface area contributed by atoms with E-state index in [0.29, 0.717) is 0 Å². The molecular formula is C6H14N. The van der Waals surface area contributed by atoms with Crippen LogP contribution in [0.25, 0.3) is 0 Å². The molecule has 0 rings (SSSR count). The molecule has 1 radical (unpaired) electrons. The van der Waals surface area contributed by atoms with E-state index in [9.17, 15) is 0 Å². The van der Waals surface area contributed by atoms with Gasteiger partial charge in [-0.2, -0.15) is 0 Å². The minimum atomic E-state index is 0.791. The topological polar surface area (TPSA) is 26.0 Å². The molecule has 0 aromatic carbocycles. The number of hydrogen-bond donors (Lipinski definition) is 1. The highest BCUT2D eigenvalue weighted by molar-refractivity contribution is 4.54. The summed E-state index contributed by atoms with van der Waals surface area (Å²) in [6.45, 7) is 6.12. The van der Waals surface area contributed by atoms with Crippen molar-refractivity contribution >= 4 is 0 Å². The molecule has 0 saturated carbocycles. The van der Waals surface area contributed by atoms with Crippen LogP contribution in [0.15, 0.2) is 0 Å². The molecule has 0 spiro atoms. The highest BCUT2D eigenvalue weighted by Gasteiger charge is 1.89. The minimum Gasteiger partial charge on any atom is -0.326 e. The van der Waals surface area contributed by atoms with Crippen LogP contribution in [0.5, 0.6) is 0 Å². The Kier molecular flexibility index (Phi) is 4.10. The third-order valence-electron chi connectivity index (χ3n) is 0.911. The molecule has 0 fully saturated rings. The summed E-state index contributed by atoms with van der Waals surface area (Å²) in [7, 11) is 0. The Bertz CT molecular complexity index is 33.2. The van der Waals surface area contributed by atoms with E-state index in [0.717, 1.165) is 12.3 Å². The molecule has 1 heteroatoms. The number of hydrogen-bond acceptors (Lipinski definition) is 1. The van der Waals surface area contributed by atoms with Crippen molar-refractivity contribution in [1.29, 1.82) is 0 Å². The third-order valence-corrected chi connectivity index (χ3v) is 0.911. The molecule has 0 saturated heterocycles. The molecule has 43 valence electrons. The van der Waals surface area contributed by atoms with Gasteiger partial charge in [0.25, 0.3) is 0 Å². The summed E-state index contributed by atoms with van der Waals surface area (Å²) in [5.74, 6) is 0.791. The summed E-state index contributed by atoms with van der Waals surface area (Å²) in [4.78, 5) is 0. The molecular weight excluding hydrogens is 86.1 g/mol. The molecule has 0 amide bonds. The van der Waals surface area contributed by atoms with Crippen LogP contribution in [0.1, 0.15) is 26.7 Å². The summed E-state index contributed by atoms with van der Waals surface area (Å²) in [5.41, 5.74) is 5.15. The fourth-order valence-electron chi connectivity index (χ4n) is 0.430. The lowest BCUT2D eigenvalue weighted by atomic mass is 10.1. The summed E-state index contributed by atoms with van der Waals surface area (Å²) >= 11 is 0. The first kappa shape index (κ1) is 6.96. The van der Waals surface area contributed by atoms with E-state index >= 15 is 0 Å². The first-order valence-corrected chi connectivity index (χ1v) is 2.80. The zero-order valence-corrected chi connectivity index (χ0v) is 5.15. The minimum absolute atomic E-state index is 0.791. The van der Waals surface area contributed by atoms with Crippen molar-refractivity contribution < 1.29 is 0 Å². The smallest absolute Gasteiger partial charge is 0.0192 e. The van der Waals surface area contributed by atoms with Crippen LogP contribution < -0.4 is 5.73 Å². The lowest BCUT2D eigenvalue weighted by Crippen LogP contribution is -1.93. The maximum atomic E-state index is 5.15. The van der Waals surface area contributed by atoms with Gasteiger partial charge in [0.05, 0.1) is 0 Å². The van der Waals surface area contributed by atoms with Crippen LogP contribution in [0.3, 0.4) is 0 Å². The van der Waals surface area contributed by atoms with Crippen LogP contribution in [0.4, 0.5) is 0 Å². The average Bonchev–Trinajstić information content (AvgIpc) is 1.61. The second-order valence-electron chi connectivity index (χ2n) is 2.21. The van der Waals surface area contributed by atoms with Crippen molar-refractivity contribution in [3.8, 4) is 0 Å². The maximum Gasteiger partial charge on any atom is 0.0192 e. The Balaban J connectivity index is 2.68. The van der Waals surface area contributed by atoms with Gasteiger partial charge in [-0.1, -0.05) is 13.8 Å². The van der Waals surface area contributed by atoms with Crippen LogP contribution in [-0.2, 0) is 0 Å². The van der Waals surface area contributed by atoms with Crippen LogP contribution in [0, 0.1) is 12.5 Å². The number of nitrogens with two attached hydrogens (primary N) is 1. The first-order chi connectivity index (χ1) is 3.27. The summed E-state index contributed by atoms with van der Waals surface area (Å²) in [6.07, 6.45) is 2.27. The molecule has 2 N–H and O–H groups in total. The monoisotopic (exact) mass is 100 g/mol. The molecule has 0 aromatic heterocycles. The van der Waals surface area contributed by atoms with Crippen molar-refractivity contribution in [1.82, 2.24) is 0 Å². The molecule has 0 atom stereocenters. The van der Waals surface area contributed by atoms with Gasteiger partial charge in [0, 0.05) is 6.54 Å². The predicted octanol–water partition coefficient (Wildman–Crippen LogP) is 1.54. The molecule has 0 aromatic rings. The van der Waals surface area contributed by atoms with Gasteiger partial charge < -0.3 is 5.73 Å². The van der Waals surface area contributed by atoms with Gasteiger partial charge in [0.2, 0.25) is 0 Å². The van der Waals surface area contributed by atoms with Crippen LogP contribution >= 0.6 is 0 Å². The van der Waals surface area contributed by atoms with Crippen molar-refractivity contribution in [2.24, 2.45) is 11.7 Å². The lowest BCUT2D eigenvalue weighted by molar-refractivity contribution is 0.581. The molecule has 1 nitrogen and oxygen atoms in total. The molecule has 0 aliphatic heterocycles. The molecule has 0 aliphatic rings. The quantitative estimate of drug-likeness (QED) is 0.572. The van der Waals surface area contributed by atoms with Gasteiger partial charge in [-0.15, -0.1) is 0 Å². The third kappa shape index (κ3) is 5.96. The molecule has 0 heterocycles. The maximum absolute atomic E-state index is 5.15. The molecule has 7 heavy (non-hydrogen) atoms. The van der Waals surface area contributed by atoms with E-state index in [4.69, 9.17) is 5.73 Å². The fourth-order valence-corrected chi connectivity index (χ4v) is 0.430. The summed E-state index contributed by atoms with van der Waals surface area (Å²) in [6, 6.07) is 0. The van der Waals surface area contributed by atoms with Gasteiger partial charge in [-0.05, 0) is 18.8 Å². The van der Waals surface area contributed by atoms with Gasteiger partial charge in [-0.3, -0.25) is 0 Å². The van der Waals surface area contributed by atoms with Crippen molar-refractivity contribution in [3.05, 3.63) is 6.54 Å². The SMILES string of the molecule is CC(C)CC[CH]N. The lowest BCUT2D eigenvalue weighted by Gasteiger charge is -1.98. The highest BCUT2D eigenvalue weighted by atomic mass is 14.5. The van der Waals surface area contributed by atoms with E-state index in [1.807, 2.05) is 0 Å². The fraction of sp³-hybridized carbons (Fsp3) is 0.833. The highest BCUT2D eigenvalue weighted by Crippen LogP contribution is 2.01. The Morgan fingerprint density at radius 1 is 1.57 bits per heavy atom. The van der Waals surface area contributed by atoms with E-state index in [2.05, 4.69) is 13.8 Å². The first-order valence-electron chi connectivity index (χ1n) is 2.80. The van der Waals surface area contributed by atoms with Crippen molar-refractivity contribution in [3.63, 3.8) is 0 Å². The van der Waals surface area contributed by atoms with Gasteiger partial charge in [0.15, 0.2) is 0 Å². The van der Waals surface area contributed by atoms with E-state index < -0.39 is 0 Å². The van der Waals surface area contributed by atoms with E-state index in [1.165, 1.54) is 6.42 Å². The molecule has 0 bridgehead atoms. The largest absolute Gasteiger partial charge is 0.326 e. The van der Waals surface area contributed by atoms with Crippen molar-refractivity contribution in [2.45, 2.75) is 26.7 Å². The zero-order valence-electron chi connectivity index (χ0n) is 5.15. The van der Waals surface area contributed by atoms with Gasteiger partial charge >= 0.3 is 0 Å².